The largest absolute Gasteiger partial charge is 0.496 e. The van der Waals surface area contributed by atoms with Gasteiger partial charge in [-0.2, -0.15) is 0 Å². The minimum absolute atomic E-state index is 0.0327. The van der Waals surface area contributed by atoms with E-state index >= 15 is 0 Å². The van der Waals surface area contributed by atoms with Crippen molar-refractivity contribution in [1.82, 2.24) is 10.3 Å². The number of nitrogens with zero attached hydrogens (tertiary/aromatic N) is 2. The molecule has 0 saturated heterocycles. The molecule has 7 nitrogen and oxygen atoms in total. The highest BCUT2D eigenvalue weighted by Gasteiger charge is 2.32. The van der Waals surface area contributed by atoms with Crippen LogP contribution >= 0.6 is 0 Å². The lowest BCUT2D eigenvalue weighted by atomic mass is 9.99. The van der Waals surface area contributed by atoms with Crippen LogP contribution in [0, 0.1) is 0 Å². The molecule has 2 heterocycles. The molecule has 5 rings (SSSR count). The molecule has 1 aliphatic heterocycles. The fourth-order valence-electron chi connectivity index (χ4n) is 4.48. The zero-order chi connectivity index (χ0) is 25.1. The lowest BCUT2D eigenvalue weighted by Gasteiger charge is -2.22. The number of fused-ring (bicyclic) bond motifs is 1. The Morgan fingerprint density at radius 3 is 2.39 bits per heavy atom. The van der Waals surface area contributed by atoms with E-state index in [0.29, 0.717) is 18.7 Å². The first-order chi connectivity index (χ1) is 17.5. The van der Waals surface area contributed by atoms with Gasteiger partial charge in [-0.15, -0.1) is 0 Å². The number of sulfonamides is 1. The first-order valence-electron chi connectivity index (χ1n) is 11.5. The number of hydrogen-bond donors (Lipinski definition) is 1. The van der Waals surface area contributed by atoms with Crippen molar-refractivity contribution >= 4 is 21.6 Å². The van der Waals surface area contributed by atoms with Crippen molar-refractivity contribution in [3.63, 3.8) is 0 Å². The molecule has 0 bridgehead atoms. The Morgan fingerprint density at radius 2 is 1.64 bits per heavy atom. The first-order valence-corrected chi connectivity index (χ1v) is 13.0. The summed E-state index contributed by atoms with van der Waals surface area (Å²) in [6, 6.07) is 24.6. The Kier molecular flexibility index (Phi) is 6.43. The van der Waals surface area contributed by atoms with Crippen molar-refractivity contribution in [2.45, 2.75) is 17.4 Å². The van der Waals surface area contributed by atoms with Gasteiger partial charge in [-0.05, 0) is 59.5 Å². The molecule has 1 unspecified atom stereocenters. The first kappa shape index (κ1) is 23.6. The topological polar surface area (TPSA) is 88.6 Å². The lowest BCUT2D eigenvalue weighted by Crippen LogP contribution is -2.31. The summed E-state index contributed by atoms with van der Waals surface area (Å²) in [5, 5.41) is 3.05. The van der Waals surface area contributed by atoms with Gasteiger partial charge in [-0.1, -0.05) is 48.5 Å². The van der Waals surface area contributed by atoms with Crippen LogP contribution < -0.4 is 14.4 Å². The number of carbonyl (C=O) groups is 1. The van der Waals surface area contributed by atoms with Crippen molar-refractivity contribution in [3.05, 3.63) is 120 Å². The number of carbonyl (C=O) groups excluding carboxylic acids is 1. The Hall–Kier alpha value is -4.17. The molecule has 1 atom stereocenters. The third kappa shape index (κ3) is 4.43. The summed E-state index contributed by atoms with van der Waals surface area (Å²) in [5.41, 5.74) is 3.52. The van der Waals surface area contributed by atoms with Gasteiger partial charge in [0.25, 0.3) is 15.9 Å². The number of rotatable bonds is 7. The van der Waals surface area contributed by atoms with Crippen LogP contribution in [0.2, 0.25) is 0 Å². The third-order valence-corrected chi connectivity index (χ3v) is 8.11. The van der Waals surface area contributed by atoms with Gasteiger partial charge in [0.2, 0.25) is 0 Å². The second-order valence-electron chi connectivity index (χ2n) is 8.42. The molecule has 0 aliphatic carbocycles. The Balaban J connectivity index is 1.51. The highest BCUT2D eigenvalue weighted by molar-refractivity contribution is 7.92. The molecule has 1 aromatic heterocycles. The quantitative estimate of drug-likeness (QED) is 0.408. The van der Waals surface area contributed by atoms with Crippen LogP contribution in [0.3, 0.4) is 0 Å². The van der Waals surface area contributed by atoms with Crippen molar-refractivity contribution in [2.75, 3.05) is 18.0 Å². The molecular formula is C28H25N3O4S. The van der Waals surface area contributed by atoms with Crippen LogP contribution in [-0.2, 0) is 16.4 Å². The lowest BCUT2D eigenvalue weighted by molar-refractivity contribution is 0.0939. The second kappa shape index (κ2) is 9.83. The Labute approximate surface area is 210 Å². The van der Waals surface area contributed by atoms with E-state index in [2.05, 4.69) is 10.3 Å². The molecule has 1 N–H and O–H groups in total. The number of amides is 1. The van der Waals surface area contributed by atoms with Gasteiger partial charge in [-0.3, -0.25) is 14.1 Å². The van der Waals surface area contributed by atoms with Crippen LogP contribution in [0.1, 0.15) is 33.1 Å². The molecule has 4 aromatic rings. The highest BCUT2D eigenvalue weighted by atomic mass is 32.2. The van der Waals surface area contributed by atoms with E-state index in [4.69, 9.17) is 4.74 Å². The molecular weight excluding hydrogens is 474 g/mol. The van der Waals surface area contributed by atoms with Crippen LogP contribution in [0.4, 0.5) is 5.69 Å². The van der Waals surface area contributed by atoms with Crippen molar-refractivity contribution < 1.29 is 17.9 Å². The van der Waals surface area contributed by atoms with Gasteiger partial charge in [-0.25, -0.2) is 8.42 Å². The van der Waals surface area contributed by atoms with E-state index in [-0.39, 0.29) is 16.2 Å². The standard InChI is InChI=1S/C28H25N3O4S/c1-35-26-12-11-23(36(33,34)31-18-15-20-7-5-6-10-25(20)31)19-24(26)28(32)30-27(21-8-3-2-4-9-21)22-13-16-29-17-14-22/h2-14,16-17,19,27H,15,18H2,1H3,(H,30,32). The van der Waals surface area contributed by atoms with Gasteiger partial charge >= 0.3 is 0 Å². The Morgan fingerprint density at radius 1 is 0.944 bits per heavy atom. The molecule has 1 aliphatic rings. The Bertz CT molecular complexity index is 1450. The summed E-state index contributed by atoms with van der Waals surface area (Å²) in [4.78, 5) is 17.7. The maximum absolute atomic E-state index is 13.6. The number of methoxy groups -OCH3 is 1. The molecule has 0 fully saturated rings. The maximum Gasteiger partial charge on any atom is 0.264 e. The van der Waals surface area contributed by atoms with E-state index in [1.807, 2.05) is 60.7 Å². The minimum Gasteiger partial charge on any atom is -0.496 e. The molecule has 182 valence electrons. The van der Waals surface area contributed by atoms with Gasteiger partial charge in [0.1, 0.15) is 5.75 Å². The van der Waals surface area contributed by atoms with Crippen LogP contribution in [0.25, 0.3) is 0 Å². The summed E-state index contributed by atoms with van der Waals surface area (Å²) < 4.78 is 34.0. The molecule has 1 amide bonds. The number of nitrogens with one attached hydrogen (secondary N) is 1. The predicted octanol–water partition coefficient (Wildman–Crippen LogP) is 4.36. The normalized spacial score (nSPS) is 13.6. The zero-order valence-corrected chi connectivity index (χ0v) is 20.5. The number of hydrogen-bond acceptors (Lipinski definition) is 5. The molecule has 0 radical (unpaired) electrons. The monoisotopic (exact) mass is 499 g/mol. The number of aromatic nitrogens is 1. The fourth-order valence-corrected chi connectivity index (χ4v) is 6.01. The number of ether oxygens (including phenoxy) is 1. The number of para-hydroxylation sites is 1. The molecule has 3 aromatic carbocycles. The average molecular weight is 500 g/mol. The van der Waals surface area contributed by atoms with E-state index in [0.717, 1.165) is 16.7 Å². The average Bonchev–Trinajstić information content (AvgIpc) is 3.37. The van der Waals surface area contributed by atoms with Crippen molar-refractivity contribution in [2.24, 2.45) is 0 Å². The fraction of sp³-hybridized carbons (Fsp3) is 0.143. The zero-order valence-electron chi connectivity index (χ0n) is 19.7. The van der Waals surface area contributed by atoms with E-state index in [1.54, 1.807) is 18.5 Å². The molecule has 36 heavy (non-hydrogen) atoms. The van der Waals surface area contributed by atoms with Gasteiger partial charge in [0, 0.05) is 18.9 Å². The SMILES string of the molecule is COc1ccc(S(=O)(=O)N2CCc3ccccc32)cc1C(=O)NC(c1ccccc1)c1ccncc1. The molecule has 8 heteroatoms. The summed E-state index contributed by atoms with van der Waals surface area (Å²) in [6.45, 7) is 0.355. The molecule has 0 spiro atoms. The van der Waals surface area contributed by atoms with E-state index in [9.17, 15) is 13.2 Å². The van der Waals surface area contributed by atoms with E-state index in [1.165, 1.54) is 29.6 Å². The summed E-state index contributed by atoms with van der Waals surface area (Å²) in [6.07, 6.45) is 3.97. The van der Waals surface area contributed by atoms with Crippen LogP contribution in [-0.4, -0.2) is 33.0 Å². The molecule has 0 saturated carbocycles. The maximum atomic E-state index is 13.6. The smallest absolute Gasteiger partial charge is 0.264 e. The van der Waals surface area contributed by atoms with Crippen LogP contribution in [0.15, 0.2) is 102 Å². The van der Waals surface area contributed by atoms with E-state index < -0.39 is 22.0 Å². The predicted molar refractivity (Wildman–Crippen MR) is 138 cm³/mol. The third-order valence-electron chi connectivity index (χ3n) is 6.30. The van der Waals surface area contributed by atoms with Gasteiger partial charge < -0.3 is 10.1 Å². The number of pyridine rings is 1. The second-order valence-corrected chi connectivity index (χ2v) is 10.3. The summed E-state index contributed by atoms with van der Waals surface area (Å²) in [7, 11) is -2.42. The minimum atomic E-state index is -3.88. The van der Waals surface area contributed by atoms with Crippen LogP contribution in [0.5, 0.6) is 5.75 Å². The highest BCUT2D eigenvalue weighted by Crippen LogP contribution is 2.34. The summed E-state index contributed by atoms with van der Waals surface area (Å²) in [5.74, 6) is -0.161. The summed E-state index contributed by atoms with van der Waals surface area (Å²) >= 11 is 0. The number of benzene rings is 3. The van der Waals surface area contributed by atoms with Crippen molar-refractivity contribution in [1.29, 1.82) is 0 Å². The number of anilines is 1. The van der Waals surface area contributed by atoms with Gasteiger partial charge in [0.05, 0.1) is 29.3 Å². The van der Waals surface area contributed by atoms with Crippen molar-refractivity contribution in [3.8, 4) is 5.75 Å². The van der Waals surface area contributed by atoms with Gasteiger partial charge in [0.15, 0.2) is 0 Å².